The normalized spacial score (nSPS) is 11.4. The predicted molar refractivity (Wildman–Crippen MR) is 153 cm³/mol. The van der Waals surface area contributed by atoms with Crippen LogP contribution in [0.5, 0.6) is 0 Å². The quantitative estimate of drug-likeness (QED) is 0.160. The maximum absolute atomic E-state index is 12.5. The van der Waals surface area contributed by atoms with Gasteiger partial charge in [0.15, 0.2) is 0 Å². The van der Waals surface area contributed by atoms with Gasteiger partial charge in [0.2, 0.25) is 16.2 Å². The van der Waals surface area contributed by atoms with Crippen LogP contribution in [0.3, 0.4) is 0 Å². The Labute approximate surface area is 231 Å². The molecule has 0 radical (unpaired) electrons. The van der Waals surface area contributed by atoms with Crippen LogP contribution in [0.4, 0.5) is 10.3 Å². The average molecular weight is 559 g/mol. The van der Waals surface area contributed by atoms with Crippen molar-refractivity contribution in [2.45, 2.75) is 38.5 Å². The molecule has 13 heteroatoms. The van der Waals surface area contributed by atoms with Gasteiger partial charge in [0.25, 0.3) is 0 Å². The molecule has 4 N–H and O–H groups in total. The SMILES string of the molecule is O=C(Cc1c[nH]c2cccnc12)Nc1nnc(CCCCc2nnc(NCCc3c[nH]c4cccnc34)s2)s1. The average Bonchev–Trinajstić information content (AvgIpc) is 3.75. The highest BCUT2D eigenvalue weighted by Gasteiger charge is 2.13. The van der Waals surface area contributed by atoms with Crippen molar-refractivity contribution in [2.24, 2.45) is 0 Å². The van der Waals surface area contributed by atoms with Gasteiger partial charge in [0.1, 0.15) is 10.0 Å². The van der Waals surface area contributed by atoms with Gasteiger partial charge in [0, 0.05) is 49.7 Å². The van der Waals surface area contributed by atoms with Crippen LogP contribution in [0, 0.1) is 0 Å². The second-order valence-electron chi connectivity index (χ2n) is 9.04. The van der Waals surface area contributed by atoms with E-state index in [1.807, 2.05) is 42.9 Å². The van der Waals surface area contributed by atoms with Crippen molar-refractivity contribution in [3.63, 3.8) is 0 Å². The maximum atomic E-state index is 12.5. The van der Waals surface area contributed by atoms with Crippen LogP contribution in [0.25, 0.3) is 22.1 Å². The van der Waals surface area contributed by atoms with E-state index in [4.69, 9.17) is 0 Å². The zero-order valence-electron chi connectivity index (χ0n) is 21.0. The lowest BCUT2D eigenvalue weighted by Crippen LogP contribution is -2.14. The molecule has 0 aliphatic rings. The van der Waals surface area contributed by atoms with Crippen molar-refractivity contribution < 1.29 is 4.79 Å². The molecule has 0 spiro atoms. The summed E-state index contributed by atoms with van der Waals surface area (Å²) >= 11 is 3.01. The summed E-state index contributed by atoms with van der Waals surface area (Å²) in [5, 5.41) is 26.5. The molecule has 39 heavy (non-hydrogen) atoms. The summed E-state index contributed by atoms with van der Waals surface area (Å²) in [7, 11) is 0. The highest BCUT2D eigenvalue weighted by molar-refractivity contribution is 7.15. The smallest absolute Gasteiger partial charge is 0.230 e. The molecule has 11 nitrogen and oxygen atoms in total. The lowest BCUT2D eigenvalue weighted by atomic mass is 10.2. The molecule has 6 rings (SSSR count). The highest BCUT2D eigenvalue weighted by Crippen LogP contribution is 2.22. The number of hydrogen-bond donors (Lipinski definition) is 4. The third kappa shape index (κ3) is 6.10. The molecule has 0 saturated heterocycles. The van der Waals surface area contributed by atoms with Crippen LogP contribution in [0.1, 0.15) is 34.0 Å². The Bertz CT molecular complexity index is 1700. The zero-order valence-corrected chi connectivity index (χ0v) is 22.6. The summed E-state index contributed by atoms with van der Waals surface area (Å²) in [5.74, 6) is -0.136. The van der Waals surface area contributed by atoms with Crippen molar-refractivity contribution in [3.8, 4) is 0 Å². The number of unbranched alkanes of at least 4 members (excludes halogenated alkanes) is 1. The lowest BCUT2D eigenvalue weighted by Gasteiger charge is -2.00. The topological polar surface area (TPSA) is 150 Å². The fraction of sp³-hybridized carbons (Fsp3) is 0.269. The van der Waals surface area contributed by atoms with Crippen LogP contribution in [0.2, 0.25) is 0 Å². The Morgan fingerprint density at radius 3 is 2.10 bits per heavy atom. The van der Waals surface area contributed by atoms with Crippen LogP contribution >= 0.6 is 22.7 Å². The number of rotatable bonds is 12. The van der Waals surface area contributed by atoms with Crippen molar-refractivity contribution in [2.75, 3.05) is 17.2 Å². The maximum Gasteiger partial charge on any atom is 0.230 e. The number of amides is 1. The molecule has 6 heterocycles. The lowest BCUT2D eigenvalue weighted by molar-refractivity contribution is -0.115. The van der Waals surface area contributed by atoms with Gasteiger partial charge < -0.3 is 20.6 Å². The van der Waals surface area contributed by atoms with Crippen LogP contribution in [-0.2, 0) is 30.5 Å². The minimum absolute atomic E-state index is 0.136. The molecule has 0 fully saturated rings. The van der Waals surface area contributed by atoms with Gasteiger partial charge in [0.05, 0.1) is 28.5 Å². The Morgan fingerprint density at radius 1 is 0.769 bits per heavy atom. The Hall–Kier alpha value is -4.23. The first-order chi connectivity index (χ1) is 19.2. The van der Waals surface area contributed by atoms with E-state index in [1.165, 1.54) is 16.9 Å². The van der Waals surface area contributed by atoms with Gasteiger partial charge in [-0.3, -0.25) is 14.8 Å². The summed E-state index contributed by atoms with van der Waals surface area (Å²) in [5.41, 5.74) is 5.85. The number of aryl methyl sites for hydroxylation is 2. The first-order valence-electron chi connectivity index (χ1n) is 12.7. The van der Waals surface area contributed by atoms with Crippen molar-refractivity contribution in [1.29, 1.82) is 0 Å². The largest absolute Gasteiger partial charge is 0.360 e. The van der Waals surface area contributed by atoms with E-state index in [1.54, 1.807) is 17.5 Å². The monoisotopic (exact) mass is 558 g/mol. The van der Waals surface area contributed by atoms with E-state index in [-0.39, 0.29) is 12.3 Å². The minimum atomic E-state index is -0.136. The fourth-order valence-electron chi connectivity index (χ4n) is 4.37. The van der Waals surface area contributed by atoms with Gasteiger partial charge in [-0.05, 0) is 49.1 Å². The molecule has 0 aliphatic carbocycles. The Balaban J connectivity index is 0.905. The molecule has 0 unspecified atom stereocenters. The van der Waals surface area contributed by atoms with E-state index in [0.717, 1.165) is 81.4 Å². The molecular weight excluding hydrogens is 532 g/mol. The van der Waals surface area contributed by atoms with Crippen molar-refractivity contribution in [1.82, 2.24) is 40.3 Å². The molecule has 6 aromatic rings. The van der Waals surface area contributed by atoms with Gasteiger partial charge in [-0.15, -0.1) is 20.4 Å². The standard InChI is InChI=1S/C26H26N10OS2/c37-20(13-17-15-31-19-6-4-11-28-24(17)19)32-26-36-34-22(39-26)8-2-1-7-21-33-35-25(38-21)29-12-9-16-14-30-18-5-3-10-27-23(16)18/h3-6,10-11,14-15,30-31H,1-2,7-9,12-13H2,(H,29,35)(H,32,36,37). The number of aromatic amines is 2. The first kappa shape index (κ1) is 25.1. The van der Waals surface area contributed by atoms with Crippen molar-refractivity contribution in [3.05, 3.63) is 70.2 Å². The fourth-order valence-corrected chi connectivity index (χ4v) is 5.98. The zero-order chi connectivity index (χ0) is 26.4. The summed E-state index contributed by atoms with van der Waals surface area (Å²) in [4.78, 5) is 27.7. The summed E-state index contributed by atoms with van der Waals surface area (Å²) in [6.07, 6.45) is 12.1. The summed E-state index contributed by atoms with van der Waals surface area (Å²) in [6.45, 7) is 0.771. The number of aromatic nitrogens is 8. The molecule has 0 aromatic carbocycles. The molecular formula is C26H26N10OS2. The number of nitrogens with zero attached hydrogens (tertiary/aromatic N) is 6. The van der Waals surface area contributed by atoms with E-state index in [9.17, 15) is 4.79 Å². The Kier molecular flexibility index (Phi) is 7.50. The van der Waals surface area contributed by atoms with Gasteiger partial charge >= 0.3 is 0 Å². The molecule has 6 aromatic heterocycles. The van der Waals surface area contributed by atoms with Gasteiger partial charge in [-0.1, -0.05) is 22.7 Å². The number of anilines is 2. The van der Waals surface area contributed by atoms with Crippen molar-refractivity contribution >= 4 is 60.9 Å². The third-order valence-corrected chi connectivity index (χ3v) is 8.10. The number of nitrogens with one attached hydrogen (secondary N) is 4. The van der Waals surface area contributed by atoms with Crippen LogP contribution in [-0.4, -0.2) is 52.8 Å². The van der Waals surface area contributed by atoms with E-state index in [2.05, 4.69) is 51.0 Å². The highest BCUT2D eigenvalue weighted by atomic mass is 32.1. The molecule has 0 saturated carbocycles. The van der Waals surface area contributed by atoms with Crippen LogP contribution in [0.15, 0.2) is 49.1 Å². The van der Waals surface area contributed by atoms with Gasteiger partial charge in [-0.2, -0.15) is 0 Å². The first-order valence-corrected chi connectivity index (χ1v) is 14.3. The molecule has 0 aliphatic heterocycles. The Morgan fingerprint density at radius 2 is 1.38 bits per heavy atom. The predicted octanol–water partition coefficient (Wildman–Crippen LogP) is 4.54. The van der Waals surface area contributed by atoms with Crippen LogP contribution < -0.4 is 10.6 Å². The third-order valence-electron chi connectivity index (χ3n) is 6.26. The molecule has 1 amide bonds. The molecule has 198 valence electrons. The minimum Gasteiger partial charge on any atom is -0.360 e. The summed E-state index contributed by atoms with van der Waals surface area (Å²) < 4.78 is 0. The van der Waals surface area contributed by atoms with E-state index in [0.29, 0.717) is 5.13 Å². The number of carbonyl (C=O) groups excluding carboxylic acids is 1. The molecule has 0 atom stereocenters. The second kappa shape index (κ2) is 11.7. The number of H-pyrrole nitrogens is 2. The molecule has 0 bridgehead atoms. The van der Waals surface area contributed by atoms with E-state index < -0.39 is 0 Å². The number of hydrogen-bond acceptors (Lipinski definition) is 10. The van der Waals surface area contributed by atoms with Gasteiger partial charge in [-0.25, -0.2) is 0 Å². The number of fused-ring (bicyclic) bond motifs is 2. The van der Waals surface area contributed by atoms with E-state index >= 15 is 0 Å². The second-order valence-corrected chi connectivity index (χ2v) is 11.2. The number of pyridine rings is 2. The number of carbonyl (C=O) groups is 1. The summed E-state index contributed by atoms with van der Waals surface area (Å²) in [6, 6.07) is 7.76.